The van der Waals surface area contributed by atoms with Crippen LogP contribution in [-0.4, -0.2) is 36.0 Å². The minimum Gasteiger partial charge on any atom is -0.338 e. The maximum Gasteiger partial charge on any atom is 0.240 e. The van der Waals surface area contributed by atoms with Gasteiger partial charge in [0.1, 0.15) is 0 Å². The first-order valence-electron chi connectivity index (χ1n) is 7.10. The van der Waals surface area contributed by atoms with E-state index in [1.807, 2.05) is 0 Å². The van der Waals surface area contributed by atoms with Crippen LogP contribution in [0.25, 0.3) is 0 Å². The Morgan fingerprint density at radius 3 is 2.82 bits per heavy atom. The van der Waals surface area contributed by atoms with Gasteiger partial charge in [-0.3, -0.25) is 4.79 Å². The van der Waals surface area contributed by atoms with Crippen LogP contribution < -0.4 is 5.32 Å². The summed E-state index contributed by atoms with van der Waals surface area (Å²) in [7, 11) is 0. The smallest absolute Gasteiger partial charge is 0.240 e. The third-order valence-corrected chi connectivity index (χ3v) is 4.51. The summed E-state index contributed by atoms with van der Waals surface area (Å²) in [5, 5.41) is 3.44. The number of nitrogens with zero attached hydrogens (tertiary/aromatic N) is 1. The van der Waals surface area contributed by atoms with Crippen LogP contribution in [0.3, 0.4) is 0 Å². The van der Waals surface area contributed by atoms with Gasteiger partial charge in [-0.25, -0.2) is 0 Å². The van der Waals surface area contributed by atoms with Crippen LogP contribution in [-0.2, 0) is 4.79 Å². The maximum absolute atomic E-state index is 12.6. The molecule has 3 heteroatoms. The van der Waals surface area contributed by atoms with E-state index in [1.54, 1.807) is 0 Å². The van der Waals surface area contributed by atoms with E-state index in [9.17, 15) is 4.79 Å². The lowest BCUT2D eigenvalue weighted by atomic mass is 9.77. The number of piperidine rings is 1. The topological polar surface area (TPSA) is 32.3 Å². The van der Waals surface area contributed by atoms with Crippen molar-refractivity contribution in [3.63, 3.8) is 0 Å². The summed E-state index contributed by atoms with van der Waals surface area (Å²) in [4.78, 5) is 14.8. The lowest BCUT2D eigenvalue weighted by Crippen LogP contribution is -2.57. The van der Waals surface area contributed by atoms with Crippen LogP contribution in [0.5, 0.6) is 0 Å². The molecule has 3 nitrogen and oxygen atoms in total. The molecule has 2 atom stereocenters. The molecule has 2 unspecified atom stereocenters. The minimum absolute atomic E-state index is 0.0309. The third kappa shape index (κ3) is 2.49. The molecule has 0 aromatic carbocycles. The highest BCUT2D eigenvalue weighted by molar-refractivity contribution is 5.83. The number of likely N-dealkylation sites (tertiary alicyclic amines) is 1. The van der Waals surface area contributed by atoms with Gasteiger partial charge in [0.25, 0.3) is 0 Å². The van der Waals surface area contributed by atoms with Crippen molar-refractivity contribution in [3.8, 4) is 0 Å². The van der Waals surface area contributed by atoms with Crippen molar-refractivity contribution in [1.29, 1.82) is 0 Å². The van der Waals surface area contributed by atoms with Crippen molar-refractivity contribution in [3.05, 3.63) is 0 Å². The quantitative estimate of drug-likeness (QED) is 0.799. The molecule has 2 aliphatic rings. The minimum atomic E-state index is 0.0309. The number of hydrogen-bond acceptors (Lipinski definition) is 2. The van der Waals surface area contributed by atoms with Crippen LogP contribution in [0, 0.1) is 5.41 Å². The summed E-state index contributed by atoms with van der Waals surface area (Å²) < 4.78 is 0. The molecule has 2 fully saturated rings. The van der Waals surface area contributed by atoms with Crippen molar-refractivity contribution in [1.82, 2.24) is 10.2 Å². The van der Waals surface area contributed by atoms with E-state index in [-0.39, 0.29) is 11.5 Å². The molecule has 1 N–H and O–H groups in total. The highest BCUT2D eigenvalue weighted by Crippen LogP contribution is 2.33. The summed E-state index contributed by atoms with van der Waals surface area (Å²) in [6.45, 7) is 8.59. The van der Waals surface area contributed by atoms with Gasteiger partial charge in [0, 0.05) is 12.6 Å². The average Bonchev–Trinajstić information content (AvgIpc) is 2.75. The highest BCUT2D eigenvalue weighted by atomic mass is 16.2. The van der Waals surface area contributed by atoms with Crippen molar-refractivity contribution in [2.75, 3.05) is 13.1 Å². The highest BCUT2D eigenvalue weighted by Gasteiger charge is 2.41. The molecule has 0 bridgehead atoms. The molecular formula is C14H26N2O. The first-order chi connectivity index (χ1) is 8.06. The summed E-state index contributed by atoms with van der Waals surface area (Å²) in [5.41, 5.74) is 0.107. The second kappa shape index (κ2) is 4.97. The fourth-order valence-corrected chi connectivity index (χ4v) is 3.35. The first-order valence-corrected chi connectivity index (χ1v) is 7.10. The molecule has 0 aromatic rings. The average molecular weight is 238 g/mol. The van der Waals surface area contributed by atoms with E-state index in [0.29, 0.717) is 11.9 Å². The maximum atomic E-state index is 12.6. The zero-order valence-electron chi connectivity index (χ0n) is 11.5. The standard InChI is InChI=1S/C14H26N2O/c1-4-11-7-5-10-16(11)13(17)12-14(2,3)8-6-9-15-12/h11-12,15H,4-10H2,1-3H3. The predicted octanol–water partition coefficient (Wildman–Crippen LogP) is 2.17. The molecule has 2 aliphatic heterocycles. The van der Waals surface area contributed by atoms with Gasteiger partial charge in [0.05, 0.1) is 6.04 Å². The van der Waals surface area contributed by atoms with E-state index in [4.69, 9.17) is 0 Å². The van der Waals surface area contributed by atoms with Crippen molar-refractivity contribution >= 4 is 5.91 Å². The zero-order chi connectivity index (χ0) is 12.5. The Bertz CT molecular complexity index is 288. The van der Waals surface area contributed by atoms with E-state index >= 15 is 0 Å². The first kappa shape index (κ1) is 12.9. The molecule has 17 heavy (non-hydrogen) atoms. The molecule has 1 amide bonds. The Hall–Kier alpha value is -0.570. The molecule has 0 aliphatic carbocycles. The Morgan fingerprint density at radius 1 is 1.41 bits per heavy atom. The second-order valence-corrected chi connectivity index (χ2v) is 6.22. The Labute approximate surface area is 105 Å². The molecule has 2 saturated heterocycles. The molecule has 0 saturated carbocycles. The zero-order valence-corrected chi connectivity index (χ0v) is 11.5. The van der Waals surface area contributed by atoms with Gasteiger partial charge < -0.3 is 10.2 Å². The second-order valence-electron chi connectivity index (χ2n) is 6.22. The SMILES string of the molecule is CCC1CCCN1C(=O)C1NCCCC1(C)C. The van der Waals surface area contributed by atoms with Crippen molar-refractivity contribution in [2.24, 2.45) is 5.41 Å². The fourth-order valence-electron chi connectivity index (χ4n) is 3.35. The Kier molecular flexibility index (Phi) is 3.76. The van der Waals surface area contributed by atoms with Crippen molar-refractivity contribution < 1.29 is 4.79 Å². The number of nitrogens with one attached hydrogen (secondary N) is 1. The van der Waals surface area contributed by atoms with Gasteiger partial charge in [0.15, 0.2) is 0 Å². The molecule has 98 valence electrons. The van der Waals surface area contributed by atoms with Gasteiger partial charge in [-0.2, -0.15) is 0 Å². The number of rotatable bonds is 2. The molecule has 2 rings (SSSR count). The number of carbonyl (C=O) groups excluding carboxylic acids is 1. The van der Waals surface area contributed by atoms with Gasteiger partial charge in [-0.1, -0.05) is 20.8 Å². The van der Waals surface area contributed by atoms with Gasteiger partial charge in [0.2, 0.25) is 5.91 Å². The summed E-state index contributed by atoms with van der Waals surface area (Å²) in [6, 6.07) is 0.519. The van der Waals surface area contributed by atoms with Crippen LogP contribution >= 0.6 is 0 Å². The number of amides is 1. The van der Waals surface area contributed by atoms with E-state index in [1.165, 1.54) is 19.3 Å². The van der Waals surface area contributed by atoms with E-state index < -0.39 is 0 Å². The van der Waals surface area contributed by atoms with Gasteiger partial charge in [-0.15, -0.1) is 0 Å². The number of hydrogen-bond donors (Lipinski definition) is 1. The van der Waals surface area contributed by atoms with Crippen LogP contribution in [0.15, 0.2) is 0 Å². The molecule has 0 radical (unpaired) electrons. The molecule has 2 heterocycles. The lowest BCUT2D eigenvalue weighted by Gasteiger charge is -2.41. The third-order valence-electron chi connectivity index (χ3n) is 4.51. The normalized spacial score (nSPS) is 32.8. The summed E-state index contributed by atoms with van der Waals surface area (Å²) in [5.74, 6) is 0.346. The van der Waals surface area contributed by atoms with E-state index in [2.05, 4.69) is 31.0 Å². The fraction of sp³-hybridized carbons (Fsp3) is 0.929. The summed E-state index contributed by atoms with van der Waals surface area (Å²) in [6.07, 6.45) is 5.81. The van der Waals surface area contributed by atoms with E-state index in [0.717, 1.165) is 25.9 Å². The van der Waals surface area contributed by atoms with Crippen LogP contribution in [0.1, 0.15) is 52.9 Å². The number of carbonyl (C=O) groups is 1. The Morgan fingerprint density at radius 2 is 2.18 bits per heavy atom. The predicted molar refractivity (Wildman–Crippen MR) is 69.8 cm³/mol. The molecule has 0 aromatic heterocycles. The monoisotopic (exact) mass is 238 g/mol. The van der Waals surface area contributed by atoms with Crippen LogP contribution in [0.2, 0.25) is 0 Å². The molecule has 0 spiro atoms. The van der Waals surface area contributed by atoms with Gasteiger partial charge >= 0.3 is 0 Å². The van der Waals surface area contributed by atoms with Gasteiger partial charge in [-0.05, 0) is 44.1 Å². The summed E-state index contributed by atoms with van der Waals surface area (Å²) >= 11 is 0. The van der Waals surface area contributed by atoms with Crippen LogP contribution in [0.4, 0.5) is 0 Å². The lowest BCUT2D eigenvalue weighted by molar-refractivity contribution is -0.138. The Balaban J connectivity index is 2.08. The van der Waals surface area contributed by atoms with Crippen molar-refractivity contribution in [2.45, 2.75) is 65.0 Å². The molecular weight excluding hydrogens is 212 g/mol. The largest absolute Gasteiger partial charge is 0.338 e.